The summed E-state index contributed by atoms with van der Waals surface area (Å²) >= 11 is 0. The third kappa shape index (κ3) is 4.06. The van der Waals surface area contributed by atoms with Crippen molar-refractivity contribution in [2.24, 2.45) is 0 Å². The number of rotatable bonds is 4. The first-order chi connectivity index (χ1) is 9.66. The van der Waals surface area contributed by atoms with Crippen molar-refractivity contribution in [2.45, 2.75) is 37.8 Å². The first-order valence-corrected chi connectivity index (χ1v) is 6.97. The number of amides is 2. The highest BCUT2D eigenvalue weighted by molar-refractivity contribution is 5.96. The number of aliphatic hydroxyl groups excluding tert-OH is 1. The molecule has 2 amide bonds. The second-order valence-corrected chi connectivity index (χ2v) is 5.07. The molecule has 3 N–H and O–H groups in total. The standard InChI is InChI=1S/C15H20N2O3/c18-13-9-5-4-8-12(13)17-14(19)10-16-15(20)11-6-2-1-3-7-11/h1-3,6-7,12-13,18H,4-5,8-10H2,(H,16,20)(H,17,19). The minimum atomic E-state index is -0.475. The van der Waals surface area contributed by atoms with Gasteiger partial charge in [-0.3, -0.25) is 9.59 Å². The van der Waals surface area contributed by atoms with Gasteiger partial charge in [0.05, 0.1) is 18.7 Å². The summed E-state index contributed by atoms with van der Waals surface area (Å²) in [5.74, 6) is -0.537. The van der Waals surface area contributed by atoms with E-state index in [1.165, 1.54) is 0 Å². The van der Waals surface area contributed by atoms with Gasteiger partial charge >= 0.3 is 0 Å². The highest BCUT2D eigenvalue weighted by atomic mass is 16.3. The van der Waals surface area contributed by atoms with Gasteiger partial charge in [-0.1, -0.05) is 31.0 Å². The minimum Gasteiger partial charge on any atom is -0.391 e. The van der Waals surface area contributed by atoms with E-state index in [1.54, 1.807) is 24.3 Å². The predicted octanol–water partition coefficient (Wildman–Crippen LogP) is 0.836. The Morgan fingerprint density at radius 2 is 1.85 bits per heavy atom. The minimum absolute atomic E-state index is 0.0725. The molecule has 0 spiro atoms. The highest BCUT2D eigenvalue weighted by Crippen LogP contribution is 2.18. The Morgan fingerprint density at radius 1 is 1.15 bits per heavy atom. The van der Waals surface area contributed by atoms with E-state index in [0.29, 0.717) is 5.56 Å². The summed E-state index contributed by atoms with van der Waals surface area (Å²) in [4.78, 5) is 23.5. The van der Waals surface area contributed by atoms with Gasteiger partial charge in [0.15, 0.2) is 0 Å². The van der Waals surface area contributed by atoms with Gasteiger partial charge in [-0.2, -0.15) is 0 Å². The molecule has 0 saturated heterocycles. The zero-order valence-electron chi connectivity index (χ0n) is 11.3. The quantitative estimate of drug-likeness (QED) is 0.762. The first-order valence-electron chi connectivity index (χ1n) is 6.97. The van der Waals surface area contributed by atoms with Crippen LogP contribution in [0.25, 0.3) is 0 Å². The molecule has 0 heterocycles. The molecule has 0 radical (unpaired) electrons. The van der Waals surface area contributed by atoms with Crippen LogP contribution in [-0.4, -0.2) is 35.6 Å². The summed E-state index contributed by atoms with van der Waals surface area (Å²) in [6.07, 6.45) is 3.05. The number of nitrogens with one attached hydrogen (secondary N) is 2. The average Bonchev–Trinajstić information content (AvgIpc) is 2.48. The second kappa shape index (κ2) is 7.05. The summed E-state index contributed by atoms with van der Waals surface area (Å²) in [5.41, 5.74) is 0.526. The van der Waals surface area contributed by atoms with Crippen LogP contribution < -0.4 is 10.6 Å². The lowest BCUT2D eigenvalue weighted by atomic mass is 9.92. The maximum Gasteiger partial charge on any atom is 0.251 e. The Hall–Kier alpha value is -1.88. The molecule has 2 unspecified atom stereocenters. The molecule has 108 valence electrons. The summed E-state index contributed by atoms with van der Waals surface area (Å²) < 4.78 is 0. The van der Waals surface area contributed by atoms with Gasteiger partial charge in [0.2, 0.25) is 5.91 Å². The smallest absolute Gasteiger partial charge is 0.251 e. The van der Waals surface area contributed by atoms with Crippen molar-refractivity contribution in [3.63, 3.8) is 0 Å². The van der Waals surface area contributed by atoms with Crippen LogP contribution in [-0.2, 0) is 4.79 Å². The molecule has 2 atom stereocenters. The fourth-order valence-corrected chi connectivity index (χ4v) is 2.39. The fraction of sp³-hybridized carbons (Fsp3) is 0.467. The summed E-state index contributed by atoms with van der Waals surface area (Å²) in [6, 6.07) is 8.56. The molecule has 5 heteroatoms. The third-order valence-electron chi connectivity index (χ3n) is 3.52. The third-order valence-corrected chi connectivity index (χ3v) is 3.52. The van der Waals surface area contributed by atoms with Gasteiger partial charge in [0.1, 0.15) is 0 Å². The van der Waals surface area contributed by atoms with Crippen LogP contribution in [0.15, 0.2) is 30.3 Å². The highest BCUT2D eigenvalue weighted by Gasteiger charge is 2.24. The topological polar surface area (TPSA) is 78.4 Å². The van der Waals surface area contributed by atoms with Crippen LogP contribution in [0.5, 0.6) is 0 Å². The van der Waals surface area contributed by atoms with Crippen LogP contribution in [0, 0.1) is 0 Å². The fourth-order valence-electron chi connectivity index (χ4n) is 2.39. The monoisotopic (exact) mass is 276 g/mol. The lowest BCUT2D eigenvalue weighted by Crippen LogP contribution is -2.48. The summed E-state index contributed by atoms with van der Waals surface area (Å²) in [5, 5.41) is 15.1. The summed E-state index contributed by atoms with van der Waals surface area (Å²) in [6.45, 7) is -0.0725. The van der Waals surface area contributed by atoms with Gasteiger partial charge in [0.25, 0.3) is 5.91 Å². The Balaban J connectivity index is 1.76. The Labute approximate surface area is 118 Å². The van der Waals surface area contributed by atoms with E-state index < -0.39 is 6.10 Å². The van der Waals surface area contributed by atoms with Crippen LogP contribution in [0.2, 0.25) is 0 Å². The SMILES string of the molecule is O=C(CNC(=O)c1ccccc1)NC1CCCCC1O. The average molecular weight is 276 g/mol. The molecule has 1 aromatic carbocycles. The number of benzene rings is 1. The van der Waals surface area contributed by atoms with Crippen LogP contribution in [0.1, 0.15) is 36.0 Å². The first kappa shape index (κ1) is 14.5. The van der Waals surface area contributed by atoms with Crippen molar-refractivity contribution in [1.82, 2.24) is 10.6 Å². The molecule has 1 aromatic rings. The van der Waals surface area contributed by atoms with E-state index in [2.05, 4.69) is 10.6 Å². The Bertz CT molecular complexity index is 461. The molecular weight excluding hydrogens is 256 g/mol. The Kier molecular flexibility index (Phi) is 5.12. The van der Waals surface area contributed by atoms with E-state index in [9.17, 15) is 14.7 Å². The van der Waals surface area contributed by atoms with Gasteiger partial charge in [-0.05, 0) is 25.0 Å². The zero-order chi connectivity index (χ0) is 14.4. The molecule has 2 rings (SSSR count). The normalized spacial score (nSPS) is 22.1. The van der Waals surface area contributed by atoms with E-state index in [1.807, 2.05) is 6.07 Å². The molecule has 1 aliphatic carbocycles. The zero-order valence-corrected chi connectivity index (χ0v) is 11.3. The van der Waals surface area contributed by atoms with E-state index in [-0.39, 0.29) is 24.4 Å². The van der Waals surface area contributed by atoms with Crippen molar-refractivity contribution in [3.05, 3.63) is 35.9 Å². The lowest BCUT2D eigenvalue weighted by Gasteiger charge is -2.28. The molecule has 0 aliphatic heterocycles. The van der Waals surface area contributed by atoms with Gasteiger partial charge in [0, 0.05) is 5.56 Å². The van der Waals surface area contributed by atoms with Crippen molar-refractivity contribution in [3.8, 4) is 0 Å². The molecular formula is C15H20N2O3. The van der Waals surface area contributed by atoms with E-state index >= 15 is 0 Å². The molecule has 0 aromatic heterocycles. The molecule has 20 heavy (non-hydrogen) atoms. The predicted molar refractivity (Wildman–Crippen MR) is 75.2 cm³/mol. The number of hydrogen-bond acceptors (Lipinski definition) is 3. The van der Waals surface area contributed by atoms with Crippen molar-refractivity contribution in [1.29, 1.82) is 0 Å². The maximum absolute atomic E-state index is 11.8. The molecule has 0 bridgehead atoms. The molecule has 1 aliphatic rings. The molecule has 5 nitrogen and oxygen atoms in total. The van der Waals surface area contributed by atoms with Gasteiger partial charge in [-0.25, -0.2) is 0 Å². The van der Waals surface area contributed by atoms with Crippen molar-refractivity contribution < 1.29 is 14.7 Å². The molecule has 1 fully saturated rings. The summed E-state index contributed by atoms with van der Waals surface area (Å²) in [7, 11) is 0. The van der Waals surface area contributed by atoms with Crippen LogP contribution in [0.3, 0.4) is 0 Å². The number of aliphatic hydroxyl groups is 1. The van der Waals surface area contributed by atoms with Crippen molar-refractivity contribution in [2.75, 3.05) is 6.54 Å². The van der Waals surface area contributed by atoms with Gasteiger partial charge in [-0.15, -0.1) is 0 Å². The lowest BCUT2D eigenvalue weighted by molar-refractivity contribution is -0.122. The number of hydrogen-bond donors (Lipinski definition) is 3. The van der Waals surface area contributed by atoms with Crippen LogP contribution in [0.4, 0.5) is 0 Å². The number of carbonyl (C=O) groups is 2. The van der Waals surface area contributed by atoms with Crippen LogP contribution >= 0.6 is 0 Å². The van der Waals surface area contributed by atoms with Crippen molar-refractivity contribution >= 4 is 11.8 Å². The van der Waals surface area contributed by atoms with E-state index in [4.69, 9.17) is 0 Å². The Morgan fingerprint density at radius 3 is 2.55 bits per heavy atom. The second-order valence-electron chi connectivity index (χ2n) is 5.07. The maximum atomic E-state index is 11.8. The number of carbonyl (C=O) groups excluding carboxylic acids is 2. The largest absolute Gasteiger partial charge is 0.391 e. The van der Waals surface area contributed by atoms with Gasteiger partial charge < -0.3 is 15.7 Å². The van der Waals surface area contributed by atoms with E-state index in [0.717, 1.165) is 25.7 Å². The molecule has 1 saturated carbocycles.